The number of benzene rings is 1. The van der Waals surface area contributed by atoms with E-state index in [0.29, 0.717) is 12.5 Å². The fourth-order valence-corrected chi connectivity index (χ4v) is 4.21. The van der Waals surface area contributed by atoms with Crippen molar-refractivity contribution in [1.29, 1.82) is 0 Å². The fraction of sp³-hybridized carbons (Fsp3) is 0.409. The molecule has 1 saturated heterocycles. The van der Waals surface area contributed by atoms with E-state index in [9.17, 15) is 0 Å². The molecular formula is C22H26N4O. The molecule has 0 amide bonds. The second kappa shape index (κ2) is 6.89. The number of ether oxygens (including phenoxy) is 1. The third-order valence-corrected chi connectivity index (χ3v) is 5.85. The standard InChI is InChI=1S/C22H26N4O/c1-24-8-4-9-25(12-11-24)19-7-6-17-13-18(16-27-22(17)15-19)21-14-20-5-2-3-10-26(20)23-21/h2-3,5-7,10,14-15,18H,4,8-9,11-13,16H2,1H3. The summed E-state index contributed by atoms with van der Waals surface area (Å²) in [5.74, 6) is 1.36. The molecule has 0 saturated carbocycles. The van der Waals surface area contributed by atoms with Gasteiger partial charge >= 0.3 is 0 Å². The van der Waals surface area contributed by atoms with Crippen molar-refractivity contribution in [2.45, 2.75) is 18.8 Å². The zero-order valence-electron chi connectivity index (χ0n) is 15.8. The van der Waals surface area contributed by atoms with Crippen LogP contribution in [0.25, 0.3) is 5.52 Å². The highest BCUT2D eigenvalue weighted by Crippen LogP contribution is 2.35. The Morgan fingerprint density at radius 1 is 1.04 bits per heavy atom. The van der Waals surface area contributed by atoms with E-state index in [1.807, 2.05) is 16.8 Å². The lowest BCUT2D eigenvalue weighted by atomic mass is 9.93. The van der Waals surface area contributed by atoms with Gasteiger partial charge in [0.15, 0.2) is 0 Å². The summed E-state index contributed by atoms with van der Waals surface area (Å²) >= 11 is 0. The van der Waals surface area contributed by atoms with Gasteiger partial charge < -0.3 is 14.5 Å². The van der Waals surface area contributed by atoms with Crippen LogP contribution in [-0.2, 0) is 6.42 Å². The number of likely N-dealkylation sites (N-methyl/N-ethyl adjacent to an activating group) is 1. The Kier molecular flexibility index (Phi) is 4.24. The van der Waals surface area contributed by atoms with Crippen molar-refractivity contribution in [3.05, 3.63) is 59.9 Å². The van der Waals surface area contributed by atoms with Gasteiger partial charge in [0.2, 0.25) is 0 Å². The molecule has 27 heavy (non-hydrogen) atoms. The smallest absolute Gasteiger partial charge is 0.124 e. The average molecular weight is 362 g/mol. The lowest BCUT2D eigenvalue weighted by Gasteiger charge is -2.28. The van der Waals surface area contributed by atoms with E-state index in [-0.39, 0.29) is 0 Å². The quantitative estimate of drug-likeness (QED) is 0.701. The van der Waals surface area contributed by atoms with Gasteiger partial charge in [0, 0.05) is 43.5 Å². The SMILES string of the molecule is CN1CCCN(c2ccc3c(c2)OCC(c2cc4ccccn4n2)C3)CC1. The first kappa shape index (κ1) is 16.6. The second-order valence-corrected chi connectivity index (χ2v) is 7.79. The van der Waals surface area contributed by atoms with E-state index in [4.69, 9.17) is 9.84 Å². The molecule has 2 aliphatic rings. The predicted octanol–water partition coefficient (Wildman–Crippen LogP) is 3.19. The Balaban J connectivity index is 1.35. The first-order chi connectivity index (χ1) is 13.3. The molecule has 2 aliphatic heterocycles. The van der Waals surface area contributed by atoms with Gasteiger partial charge in [-0.3, -0.25) is 0 Å². The van der Waals surface area contributed by atoms with E-state index in [1.54, 1.807) is 0 Å². The summed E-state index contributed by atoms with van der Waals surface area (Å²) in [4.78, 5) is 4.90. The lowest BCUT2D eigenvalue weighted by molar-refractivity contribution is 0.260. The minimum absolute atomic E-state index is 0.315. The molecule has 3 aromatic rings. The number of fused-ring (bicyclic) bond motifs is 2. The van der Waals surface area contributed by atoms with Crippen LogP contribution in [0.4, 0.5) is 5.69 Å². The number of anilines is 1. The molecule has 4 heterocycles. The Bertz CT molecular complexity index is 917. The van der Waals surface area contributed by atoms with E-state index in [0.717, 1.165) is 43.0 Å². The minimum Gasteiger partial charge on any atom is -0.493 e. The zero-order valence-corrected chi connectivity index (χ0v) is 15.8. The van der Waals surface area contributed by atoms with E-state index in [1.165, 1.54) is 24.2 Å². The minimum atomic E-state index is 0.315. The third kappa shape index (κ3) is 3.28. The fourth-order valence-electron chi connectivity index (χ4n) is 4.21. The molecule has 0 aliphatic carbocycles. The Morgan fingerprint density at radius 3 is 2.93 bits per heavy atom. The average Bonchev–Trinajstić information content (AvgIpc) is 3.02. The van der Waals surface area contributed by atoms with Crippen molar-refractivity contribution in [2.24, 2.45) is 0 Å². The summed E-state index contributed by atoms with van der Waals surface area (Å²) in [5, 5.41) is 4.74. The molecule has 1 unspecified atom stereocenters. The number of rotatable bonds is 2. The normalized spacial score (nSPS) is 20.9. The van der Waals surface area contributed by atoms with Crippen LogP contribution in [-0.4, -0.2) is 54.3 Å². The van der Waals surface area contributed by atoms with E-state index in [2.05, 4.69) is 53.2 Å². The topological polar surface area (TPSA) is 33.0 Å². The largest absolute Gasteiger partial charge is 0.493 e. The van der Waals surface area contributed by atoms with Crippen LogP contribution in [0.15, 0.2) is 48.7 Å². The molecule has 140 valence electrons. The van der Waals surface area contributed by atoms with Gasteiger partial charge in [-0.05, 0) is 56.3 Å². The van der Waals surface area contributed by atoms with Crippen molar-refractivity contribution < 1.29 is 4.74 Å². The number of nitrogens with zero attached hydrogens (tertiary/aromatic N) is 4. The van der Waals surface area contributed by atoms with Crippen molar-refractivity contribution in [3.63, 3.8) is 0 Å². The zero-order chi connectivity index (χ0) is 18.2. The molecule has 0 radical (unpaired) electrons. The first-order valence-electron chi connectivity index (χ1n) is 9.90. The van der Waals surface area contributed by atoms with Gasteiger partial charge in [0.05, 0.1) is 17.8 Å². The maximum Gasteiger partial charge on any atom is 0.124 e. The summed E-state index contributed by atoms with van der Waals surface area (Å²) in [6.07, 6.45) is 4.20. The van der Waals surface area contributed by atoms with Crippen LogP contribution in [0.1, 0.15) is 23.6 Å². The third-order valence-electron chi connectivity index (χ3n) is 5.85. The highest BCUT2D eigenvalue weighted by molar-refractivity contribution is 5.55. The Morgan fingerprint density at radius 2 is 2.00 bits per heavy atom. The molecule has 5 rings (SSSR count). The molecule has 5 heteroatoms. The van der Waals surface area contributed by atoms with Gasteiger partial charge in [-0.2, -0.15) is 5.10 Å². The summed E-state index contributed by atoms with van der Waals surface area (Å²) in [7, 11) is 2.21. The van der Waals surface area contributed by atoms with Crippen LogP contribution in [0.2, 0.25) is 0 Å². The van der Waals surface area contributed by atoms with Gasteiger partial charge in [0.25, 0.3) is 0 Å². The summed E-state index contributed by atoms with van der Waals surface area (Å²) in [5.41, 5.74) is 4.83. The molecule has 0 spiro atoms. The summed E-state index contributed by atoms with van der Waals surface area (Å²) in [6.45, 7) is 5.20. The maximum absolute atomic E-state index is 6.18. The molecule has 1 atom stereocenters. The van der Waals surface area contributed by atoms with E-state index < -0.39 is 0 Å². The molecule has 2 aromatic heterocycles. The summed E-state index contributed by atoms with van der Waals surface area (Å²) in [6, 6.07) is 15.1. The highest BCUT2D eigenvalue weighted by Gasteiger charge is 2.24. The molecule has 5 nitrogen and oxygen atoms in total. The highest BCUT2D eigenvalue weighted by atomic mass is 16.5. The van der Waals surface area contributed by atoms with Gasteiger partial charge in [-0.1, -0.05) is 12.1 Å². The molecule has 1 aromatic carbocycles. The summed E-state index contributed by atoms with van der Waals surface area (Å²) < 4.78 is 8.13. The number of aromatic nitrogens is 2. The van der Waals surface area contributed by atoms with Gasteiger partial charge in [-0.25, -0.2) is 4.52 Å². The van der Waals surface area contributed by atoms with Crippen molar-refractivity contribution in [2.75, 3.05) is 44.7 Å². The van der Waals surface area contributed by atoms with Gasteiger partial charge in [-0.15, -0.1) is 0 Å². The molecule has 0 N–H and O–H groups in total. The molecular weight excluding hydrogens is 336 g/mol. The van der Waals surface area contributed by atoms with E-state index >= 15 is 0 Å². The van der Waals surface area contributed by atoms with Crippen LogP contribution < -0.4 is 9.64 Å². The number of pyridine rings is 1. The van der Waals surface area contributed by atoms with Crippen LogP contribution in [0.5, 0.6) is 5.75 Å². The lowest BCUT2D eigenvalue weighted by Crippen LogP contribution is -2.29. The van der Waals surface area contributed by atoms with Crippen LogP contribution in [0.3, 0.4) is 0 Å². The van der Waals surface area contributed by atoms with Gasteiger partial charge in [0.1, 0.15) is 5.75 Å². The number of hydrogen-bond acceptors (Lipinski definition) is 4. The predicted molar refractivity (Wildman–Crippen MR) is 108 cm³/mol. The monoisotopic (exact) mass is 362 g/mol. The van der Waals surface area contributed by atoms with Crippen LogP contribution >= 0.6 is 0 Å². The van der Waals surface area contributed by atoms with Crippen molar-refractivity contribution >= 4 is 11.2 Å². The van der Waals surface area contributed by atoms with Crippen molar-refractivity contribution in [3.8, 4) is 5.75 Å². The Hall–Kier alpha value is -2.53. The van der Waals surface area contributed by atoms with Crippen LogP contribution in [0, 0.1) is 0 Å². The Labute approximate surface area is 160 Å². The molecule has 1 fully saturated rings. The molecule has 0 bridgehead atoms. The first-order valence-corrected chi connectivity index (χ1v) is 9.90. The second-order valence-electron chi connectivity index (χ2n) is 7.79. The van der Waals surface area contributed by atoms with Crippen molar-refractivity contribution in [1.82, 2.24) is 14.5 Å². The number of hydrogen-bond donors (Lipinski definition) is 0. The maximum atomic E-state index is 6.18.